The van der Waals surface area contributed by atoms with Crippen LogP contribution in [0.15, 0.2) is 47.2 Å². The van der Waals surface area contributed by atoms with Crippen LogP contribution in [0.1, 0.15) is 41.6 Å². The Labute approximate surface area is 180 Å². The Balaban J connectivity index is 0.00000280. The molecule has 0 saturated heterocycles. The van der Waals surface area contributed by atoms with E-state index in [0.717, 1.165) is 22.8 Å². The van der Waals surface area contributed by atoms with Crippen LogP contribution in [0.25, 0.3) is 11.3 Å². The van der Waals surface area contributed by atoms with Gasteiger partial charge in [0.25, 0.3) is 0 Å². The highest BCUT2D eigenvalue weighted by Crippen LogP contribution is 2.25. The predicted molar refractivity (Wildman–Crippen MR) is 120 cm³/mol. The molecule has 1 aromatic carbocycles. The number of aliphatic carboxylic acids is 1. The number of benzene rings is 1. The van der Waals surface area contributed by atoms with Gasteiger partial charge in [0.2, 0.25) is 0 Å². The molecule has 0 amide bonds. The second-order valence-corrected chi connectivity index (χ2v) is 8.81. The van der Waals surface area contributed by atoms with Crippen LogP contribution in [0, 0.1) is 0 Å². The summed E-state index contributed by atoms with van der Waals surface area (Å²) in [7, 11) is 0. The number of thiazole rings is 1. The zero-order chi connectivity index (χ0) is 19.2. The Kier molecular flexibility index (Phi) is 8.63. The van der Waals surface area contributed by atoms with Crippen molar-refractivity contribution in [3.8, 4) is 11.3 Å². The molecule has 0 saturated carbocycles. The topological polar surface area (TPSA) is 53.4 Å². The van der Waals surface area contributed by atoms with Gasteiger partial charge in [0.1, 0.15) is 5.01 Å². The summed E-state index contributed by atoms with van der Waals surface area (Å²) in [6, 6.07) is 12.7. The minimum absolute atomic E-state index is 0. The van der Waals surface area contributed by atoms with E-state index in [0.29, 0.717) is 19.0 Å². The molecule has 2 heterocycles. The first-order valence-corrected chi connectivity index (χ1v) is 10.8. The molecule has 0 bridgehead atoms. The van der Waals surface area contributed by atoms with E-state index in [-0.39, 0.29) is 18.8 Å². The Morgan fingerprint density at radius 1 is 1.14 bits per heavy atom. The van der Waals surface area contributed by atoms with Crippen LogP contribution in [0.3, 0.4) is 0 Å². The van der Waals surface area contributed by atoms with Gasteiger partial charge in [-0.2, -0.15) is 0 Å². The van der Waals surface area contributed by atoms with E-state index in [4.69, 9.17) is 10.1 Å². The van der Waals surface area contributed by atoms with Gasteiger partial charge in [0, 0.05) is 28.9 Å². The molecular formula is C21H25ClN2O2S2. The lowest BCUT2D eigenvalue weighted by Gasteiger charge is -2.19. The molecule has 0 aliphatic heterocycles. The first-order valence-electron chi connectivity index (χ1n) is 9.02. The number of carbonyl (C=O) groups is 1. The number of rotatable bonds is 9. The maximum Gasteiger partial charge on any atom is 0.304 e. The Bertz CT molecular complexity index is 861. The second kappa shape index (κ2) is 10.7. The molecule has 4 nitrogen and oxygen atoms in total. The number of carboxylic acids is 1. The fourth-order valence-electron chi connectivity index (χ4n) is 2.84. The van der Waals surface area contributed by atoms with Gasteiger partial charge in [0.05, 0.1) is 18.7 Å². The quantitative estimate of drug-likeness (QED) is 0.454. The summed E-state index contributed by atoms with van der Waals surface area (Å²) in [5.74, 6) is -0.249. The van der Waals surface area contributed by atoms with Crippen molar-refractivity contribution in [3.63, 3.8) is 0 Å². The fourth-order valence-corrected chi connectivity index (χ4v) is 4.43. The van der Waals surface area contributed by atoms with E-state index in [1.807, 2.05) is 11.4 Å². The van der Waals surface area contributed by atoms with Gasteiger partial charge < -0.3 is 5.11 Å². The van der Waals surface area contributed by atoms with Crippen molar-refractivity contribution in [2.24, 2.45) is 0 Å². The molecule has 3 aromatic rings. The van der Waals surface area contributed by atoms with Gasteiger partial charge in [-0.05, 0) is 22.9 Å². The SMILES string of the molecule is CC(C)c1ccc(-c2csc(CN(CCC(=O)O)Cc3cccs3)n2)cc1.Cl. The number of halogens is 1. The van der Waals surface area contributed by atoms with Crippen molar-refractivity contribution in [3.05, 3.63) is 62.6 Å². The first-order chi connectivity index (χ1) is 13.0. The van der Waals surface area contributed by atoms with E-state index in [9.17, 15) is 4.79 Å². The van der Waals surface area contributed by atoms with Crippen LogP contribution < -0.4 is 0 Å². The molecule has 0 radical (unpaired) electrons. The molecule has 0 aliphatic rings. The summed E-state index contributed by atoms with van der Waals surface area (Å²) < 4.78 is 0. The van der Waals surface area contributed by atoms with Gasteiger partial charge in [-0.25, -0.2) is 4.98 Å². The number of nitrogens with zero attached hydrogens (tertiary/aromatic N) is 2. The molecule has 1 N–H and O–H groups in total. The predicted octanol–water partition coefficient (Wildman–Crippen LogP) is 5.89. The zero-order valence-electron chi connectivity index (χ0n) is 16.0. The largest absolute Gasteiger partial charge is 0.481 e. The molecule has 0 fully saturated rings. The number of hydrogen-bond acceptors (Lipinski definition) is 5. The molecular weight excluding hydrogens is 412 g/mol. The lowest BCUT2D eigenvalue weighted by atomic mass is 10.0. The third-order valence-electron chi connectivity index (χ3n) is 4.39. The van der Waals surface area contributed by atoms with Crippen molar-refractivity contribution in [1.82, 2.24) is 9.88 Å². The number of hydrogen-bond donors (Lipinski definition) is 1. The monoisotopic (exact) mass is 436 g/mol. The summed E-state index contributed by atoms with van der Waals surface area (Å²) in [4.78, 5) is 19.2. The van der Waals surface area contributed by atoms with Crippen molar-refractivity contribution in [2.45, 2.75) is 39.3 Å². The normalized spacial score (nSPS) is 11.0. The second-order valence-electron chi connectivity index (χ2n) is 6.84. The maximum absolute atomic E-state index is 11.0. The van der Waals surface area contributed by atoms with Gasteiger partial charge in [0.15, 0.2) is 0 Å². The van der Waals surface area contributed by atoms with Crippen molar-refractivity contribution >= 4 is 41.0 Å². The fraction of sp³-hybridized carbons (Fsp3) is 0.333. The van der Waals surface area contributed by atoms with Gasteiger partial charge >= 0.3 is 5.97 Å². The number of aromatic nitrogens is 1. The van der Waals surface area contributed by atoms with Gasteiger partial charge in [-0.15, -0.1) is 35.1 Å². The van der Waals surface area contributed by atoms with E-state index >= 15 is 0 Å². The Morgan fingerprint density at radius 2 is 1.89 bits per heavy atom. The van der Waals surface area contributed by atoms with Crippen LogP contribution in [0.4, 0.5) is 0 Å². The zero-order valence-corrected chi connectivity index (χ0v) is 18.4. The Morgan fingerprint density at radius 3 is 2.50 bits per heavy atom. The van der Waals surface area contributed by atoms with Crippen LogP contribution in [0.5, 0.6) is 0 Å². The highest BCUT2D eigenvalue weighted by molar-refractivity contribution is 7.10. The Hall–Kier alpha value is -1.73. The first kappa shape index (κ1) is 22.6. The summed E-state index contributed by atoms with van der Waals surface area (Å²) in [6.07, 6.45) is 0.139. The van der Waals surface area contributed by atoms with E-state index < -0.39 is 5.97 Å². The van der Waals surface area contributed by atoms with E-state index in [1.54, 1.807) is 22.7 Å². The standard InChI is InChI=1S/C21H24N2O2S2.ClH/c1-15(2)16-5-7-17(8-6-16)19-14-27-20(22-19)13-23(10-9-21(24)25)12-18-4-3-11-26-18;/h3-8,11,14-15H,9-10,12-13H2,1-2H3,(H,24,25);1H. The molecule has 28 heavy (non-hydrogen) atoms. The van der Waals surface area contributed by atoms with Crippen LogP contribution >= 0.6 is 35.1 Å². The van der Waals surface area contributed by atoms with Crippen molar-refractivity contribution < 1.29 is 9.90 Å². The molecule has 150 valence electrons. The highest BCUT2D eigenvalue weighted by Gasteiger charge is 2.13. The minimum Gasteiger partial charge on any atom is -0.481 e. The molecule has 0 aliphatic carbocycles. The van der Waals surface area contributed by atoms with Gasteiger partial charge in [-0.3, -0.25) is 9.69 Å². The molecule has 0 atom stereocenters. The lowest BCUT2D eigenvalue weighted by molar-refractivity contribution is -0.137. The average molecular weight is 437 g/mol. The van der Waals surface area contributed by atoms with Crippen LogP contribution in [-0.2, 0) is 17.9 Å². The van der Waals surface area contributed by atoms with Crippen LogP contribution in [-0.4, -0.2) is 27.5 Å². The van der Waals surface area contributed by atoms with E-state index in [2.05, 4.69) is 54.5 Å². The van der Waals surface area contributed by atoms with Crippen LogP contribution in [0.2, 0.25) is 0 Å². The molecule has 7 heteroatoms. The average Bonchev–Trinajstić information content (AvgIpc) is 3.32. The number of thiophene rings is 1. The molecule has 2 aromatic heterocycles. The number of carboxylic acid groups (broad SMARTS) is 1. The van der Waals surface area contributed by atoms with Crippen molar-refractivity contribution in [2.75, 3.05) is 6.54 Å². The molecule has 0 unspecified atom stereocenters. The summed E-state index contributed by atoms with van der Waals surface area (Å²) >= 11 is 3.33. The van der Waals surface area contributed by atoms with Crippen molar-refractivity contribution in [1.29, 1.82) is 0 Å². The smallest absolute Gasteiger partial charge is 0.304 e. The highest BCUT2D eigenvalue weighted by atomic mass is 35.5. The molecule has 3 rings (SSSR count). The molecule has 0 spiro atoms. The summed E-state index contributed by atoms with van der Waals surface area (Å²) in [5, 5.41) is 14.2. The summed E-state index contributed by atoms with van der Waals surface area (Å²) in [6.45, 7) is 6.32. The maximum atomic E-state index is 11.0. The summed E-state index contributed by atoms with van der Waals surface area (Å²) in [5.41, 5.74) is 3.43. The third-order valence-corrected chi connectivity index (χ3v) is 6.08. The van der Waals surface area contributed by atoms with E-state index in [1.165, 1.54) is 10.4 Å². The lowest BCUT2D eigenvalue weighted by Crippen LogP contribution is -2.25. The minimum atomic E-state index is -0.767. The third kappa shape index (κ3) is 6.41. The van der Waals surface area contributed by atoms with Gasteiger partial charge in [-0.1, -0.05) is 44.2 Å².